The summed E-state index contributed by atoms with van der Waals surface area (Å²) in [7, 11) is 6.11. The Morgan fingerprint density at radius 2 is 0.952 bits per heavy atom. The Bertz CT molecular complexity index is 2400. The van der Waals surface area contributed by atoms with Gasteiger partial charge in [0.05, 0.1) is 47.0 Å². The number of aliphatic hydroxyl groups is 2. The molecule has 0 atom stereocenters. The molecule has 11 nitrogen and oxygen atoms in total. The number of aromatic nitrogens is 2. The number of amides is 2. The molecule has 330 valence electrons. The summed E-state index contributed by atoms with van der Waals surface area (Å²) in [6, 6.07) is 36.4. The van der Waals surface area contributed by atoms with Gasteiger partial charge in [-0.15, -0.1) is 0 Å². The molecule has 6 N–H and O–H groups in total. The Morgan fingerprint density at radius 3 is 1.32 bits per heavy atom. The van der Waals surface area contributed by atoms with E-state index >= 15 is 0 Å². The number of hydrogen-bond acceptors (Lipinski definition) is 9. The second kappa shape index (κ2) is 22.5. The third-order valence-electron chi connectivity index (χ3n) is 10.9. The third kappa shape index (κ3) is 12.8. The third-order valence-corrected chi connectivity index (χ3v) is 10.9. The number of aliphatic hydroxyl groups excluding tert-OH is 2. The van der Waals surface area contributed by atoms with E-state index in [2.05, 4.69) is 84.4 Å². The summed E-state index contributed by atoms with van der Waals surface area (Å²) in [5, 5.41) is 14.0. The highest BCUT2D eigenvalue weighted by Gasteiger charge is 2.33. The largest absolute Gasteiger partial charge is 0.400 e. The van der Waals surface area contributed by atoms with Gasteiger partial charge >= 0.3 is 0 Å². The van der Waals surface area contributed by atoms with Crippen LogP contribution in [0.3, 0.4) is 0 Å². The smallest absolute Gasteiger partial charge is 0.228 e. The van der Waals surface area contributed by atoms with Gasteiger partial charge in [0.15, 0.2) is 0 Å². The minimum absolute atomic E-state index is 0.0240. The van der Waals surface area contributed by atoms with Crippen LogP contribution in [0, 0.1) is 18.6 Å². The van der Waals surface area contributed by atoms with Gasteiger partial charge < -0.3 is 36.4 Å². The monoisotopic (exact) mass is 857 g/mol. The molecule has 2 aliphatic rings. The van der Waals surface area contributed by atoms with Crippen LogP contribution in [0.1, 0.15) is 45.5 Å². The molecular weight excluding hydrogens is 801 g/mol. The van der Waals surface area contributed by atoms with Gasteiger partial charge in [0, 0.05) is 69.9 Å². The van der Waals surface area contributed by atoms with Crippen LogP contribution in [-0.2, 0) is 29.0 Å². The zero-order chi connectivity index (χ0) is 45.6. The van der Waals surface area contributed by atoms with Crippen LogP contribution < -0.4 is 11.5 Å². The van der Waals surface area contributed by atoms with E-state index in [-0.39, 0.29) is 36.3 Å². The van der Waals surface area contributed by atoms with E-state index < -0.39 is 0 Å². The molecule has 2 aliphatic heterocycles. The molecule has 0 bridgehead atoms. The number of nitrogens with two attached hydrogens (primary N) is 2. The van der Waals surface area contributed by atoms with Gasteiger partial charge in [0.25, 0.3) is 0 Å². The zero-order valence-electron chi connectivity index (χ0n) is 36.5. The number of nitrogens with zero attached hydrogens (tertiary/aromatic N) is 5. The standard InChI is InChI=1S/C25H27FN4O.C23H22FN3O.2CH4O/c1-29(2)14-17-3-5-18(6-4-17)20-15-30(16-20)25(31)13-24-22(27)11-12-23(28-24)19-7-9-21(26)10-8-19;1-15-2-4-16(5-3-15)18-13-27(14-18)23(28)12-22-20(25)10-11-21(26-22)17-6-8-19(24)9-7-17;2*1-2/h3-12,20H,13-16,27H2,1-2H3;2-11,18H,12-14,25H2,1H3;2*2H,1H3. The molecular formula is C50H57F2N7O4. The van der Waals surface area contributed by atoms with Gasteiger partial charge in [0.2, 0.25) is 11.8 Å². The maximum Gasteiger partial charge on any atom is 0.228 e. The summed E-state index contributed by atoms with van der Waals surface area (Å²) in [6.07, 6.45) is 0.330. The van der Waals surface area contributed by atoms with E-state index in [9.17, 15) is 18.4 Å². The first-order valence-electron chi connectivity index (χ1n) is 20.7. The number of carbonyl (C=O) groups is 2. The summed E-state index contributed by atoms with van der Waals surface area (Å²) in [4.78, 5) is 40.4. The van der Waals surface area contributed by atoms with Crippen LogP contribution in [0.2, 0.25) is 0 Å². The average molecular weight is 858 g/mol. The maximum atomic E-state index is 13.2. The van der Waals surface area contributed by atoms with Crippen LogP contribution in [0.5, 0.6) is 0 Å². The number of anilines is 2. The van der Waals surface area contributed by atoms with Crippen molar-refractivity contribution in [3.63, 3.8) is 0 Å². The quantitative estimate of drug-likeness (QED) is 0.115. The van der Waals surface area contributed by atoms with Crippen molar-refractivity contribution in [2.75, 3.05) is 66.0 Å². The molecule has 4 aromatic carbocycles. The first-order chi connectivity index (χ1) is 30.4. The molecule has 2 fully saturated rings. The van der Waals surface area contributed by atoms with Crippen LogP contribution in [0.4, 0.5) is 20.2 Å². The highest BCUT2D eigenvalue weighted by atomic mass is 19.1. The second-order valence-corrected chi connectivity index (χ2v) is 15.7. The van der Waals surface area contributed by atoms with Gasteiger partial charge in [-0.2, -0.15) is 0 Å². The van der Waals surface area contributed by atoms with Crippen molar-refractivity contribution in [2.45, 2.75) is 38.1 Å². The van der Waals surface area contributed by atoms with E-state index in [0.717, 1.165) is 45.0 Å². The molecule has 0 saturated carbocycles. The van der Waals surface area contributed by atoms with Crippen molar-refractivity contribution < 1.29 is 28.6 Å². The number of benzene rings is 4. The number of pyridine rings is 2. The number of halogens is 2. The van der Waals surface area contributed by atoms with Gasteiger partial charge in [-0.3, -0.25) is 19.6 Å². The maximum absolute atomic E-state index is 13.2. The molecule has 8 rings (SSSR count). The molecule has 6 aromatic rings. The molecule has 2 saturated heterocycles. The van der Waals surface area contributed by atoms with Crippen molar-refractivity contribution in [3.05, 3.63) is 167 Å². The van der Waals surface area contributed by atoms with Crippen molar-refractivity contribution in [1.29, 1.82) is 0 Å². The first kappa shape index (κ1) is 47.5. The molecule has 4 heterocycles. The fraction of sp³-hybridized carbons (Fsp3) is 0.280. The van der Waals surface area contributed by atoms with E-state index in [0.29, 0.717) is 59.1 Å². The number of hydrogen-bond donors (Lipinski definition) is 4. The number of aryl methyl sites for hydroxylation is 1. The Balaban J connectivity index is 0.000000221. The summed E-state index contributed by atoms with van der Waals surface area (Å²) in [5.74, 6) is 0.216. The Morgan fingerprint density at radius 1 is 0.587 bits per heavy atom. The minimum Gasteiger partial charge on any atom is -0.400 e. The van der Waals surface area contributed by atoms with E-state index in [1.54, 1.807) is 48.5 Å². The highest BCUT2D eigenvalue weighted by Crippen LogP contribution is 2.30. The SMILES string of the molecule is CN(C)Cc1ccc(C2CN(C(=O)Cc3nc(-c4ccc(F)cc4)ccc3N)C2)cc1.CO.CO.Cc1ccc(C2CN(C(=O)Cc3nc(-c4ccc(F)cc4)ccc3N)C2)cc1. The lowest BCUT2D eigenvalue weighted by atomic mass is 9.90. The van der Waals surface area contributed by atoms with Crippen LogP contribution >= 0.6 is 0 Å². The second-order valence-electron chi connectivity index (χ2n) is 15.7. The van der Waals surface area contributed by atoms with Crippen molar-refractivity contribution in [2.24, 2.45) is 0 Å². The van der Waals surface area contributed by atoms with Crippen molar-refractivity contribution in [1.82, 2.24) is 24.7 Å². The number of rotatable bonds is 10. The predicted molar refractivity (Wildman–Crippen MR) is 245 cm³/mol. The Hall–Kier alpha value is -6.54. The molecule has 2 aromatic heterocycles. The van der Waals surface area contributed by atoms with Crippen molar-refractivity contribution in [3.8, 4) is 22.5 Å². The number of carbonyl (C=O) groups excluding carboxylic acids is 2. The lowest BCUT2D eigenvalue weighted by molar-refractivity contribution is -0.135. The van der Waals surface area contributed by atoms with Gasteiger partial charge in [0.1, 0.15) is 11.6 Å². The van der Waals surface area contributed by atoms with Crippen molar-refractivity contribution >= 4 is 23.2 Å². The molecule has 2 amide bonds. The Labute approximate surface area is 368 Å². The fourth-order valence-corrected chi connectivity index (χ4v) is 7.27. The summed E-state index contributed by atoms with van der Waals surface area (Å²) in [5.41, 5.74) is 22.2. The predicted octanol–water partition coefficient (Wildman–Crippen LogP) is 6.86. The minimum atomic E-state index is -0.297. The molecule has 0 aliphatic carbocycles. The first-order valence-corrected chi connectivity index (χ1v) is 20.7. The van der Waals surface area contributed by atoms with E-state index in [1.807, 2.05) is 9.80 Å². The molecule has 13 heteroatoms. The van der Waals surface area contributed by atoms with Gasteiger partial charge in [-0.05, 0) is 111 Å². The summed E-state index contributed by atoms with van der Waals surface area (Å²) < 4.78 is 26.3. The number of nitrogen functional groups attached to an aromatic ring is 2. The molecule has 0 unspecified atom stereocenters. The summed E-state index contributed by atoms with van der Waals surface area (Å²) >= 11 is 0. The molecule has 0 radical (unpaired) electrons. The average Bonchev–Trinajstić information content (AvgIpc) is 3.25. The normalized spacial score (nSPS) is 13.3. The topological polar surface area (TPSA) is 162 Å². The van der Waals surface area contributed by atoms with Gasteiger partial charge in [-0.1, -0.05) is 54.1 Å². The Kier molecular flexibility index (Phi) is 17.0. The van der Waals surface area contributed by atoms with Gasteiger partial charge in [-0.25, -0.2) is 8.78 Å². The van der Waals surface area contributed by atoms with E-state index in [1.165, 1.54) is 46.5 Å². The summed E-state index contributed by atoms with van der Waals surface area (Å²) in [6.45, 7) is 5.85. The lowest BCUT2D eigenvalue weighted by Gasteiger charge is -2.39. The molecule has 63 heavy (non-hydrogen) atoms. The van der Waals surface area contributed by atoms with E-state index in [4.69, 9.17) is 21.7 Å². The number of likely N-dealkylation sites (tertiary alicyclic amines) is 2. The van der Waals surface area contributed by atoms with Crippen LogP contribution in [0.15, 0.2) is 121 Å². The molecule has 0 spiro atoms. The lowest BCUT2D eigenvalue weighted by Crippen LogP contribution is -2.49. The van der Waals surface area contributed by atoms with Crippen LogP contribution in [-0.4, -0.2) is 101 Å². The highest BCUT2D eigenvalue weighted by molar-refractivity contribution is 5.82. The fourth-order valence-electron chi connectivity index (χ4n) is 7.27. The van der Waals surface area contributed by atoms with Crippen LogP contribution in [0.25, 0.3) is 22.5 Å². The zero-order valence-corrected chi connectivity index (χ0v) is 36.5.